The van der Waals surface area contributed by atoms with Crippen molar-refractivity contribution < 1.29 is 22.6 Å². The molecule has 1 aliphatic heterocycles. The predicted molar refractivity (Wildman–Crippen MR) is 130 cm³/mol. The average molecular weight is 532 g/mol. The molecule has 0 aliphatic carbocycles. The fourth-order valence-electron chi connectivity index (χ4n) is 4.01. The molecule has 0 bridgehead atoms. The maximum atomic E-state index is 14.4. The van der Waals surface area contributed by atoms with Crippen LogP contribution >= 0.6 is 11.6 Å². The van der Waals surface area contributed by atoms with E-state index in [0.717, 1.165) is 27.6 Å². The Morgan fingerprint density at radius 3 is 2.46 bits per heavy atom. The van der Waals surface area contributed by atoms with Crippen LogP contribution in [-0.2, 0) is 11.3 Å². The lowest BCUT2D eigenvalue weighted by Gasteiger charge is -2.47. The first-order chi connectivity index (χ1) is 17.7. The van der Waals surface area contributed by atoms with Crippen LogP contribution in [0.3, 0.4) is 0 Å². The van der Waals surface area contributed by atoms with E-state index in [2.05, 4.69) is 10.1 Å². The molecule has 37 heavy (non-hydrogen) atoms. The number of pyridine rings is 1. The fraction of sp³-hybridized carbons (Fsp3) is 0.240. The first-order valence-corrected chi connectivity index (χ1v) is 11.6. The minimum absolute atomic E-state index is 0.0703. The van der Waals surface area contributed by atoms with Crippen LogP contribution in [0, 0.1) is 17.5 Å². The van der Waals surface area contributed by atoms with Gasteiger partial charge in [-0.1, -0.05) is 17.7 Å². The van der Waals surface area contributed by atoms with Crippen molar-refractivity contribution in [3.05, 3.63) is 93.5 Å². The Hall–Kier alpha value is -3.83. The van der Waals surface area contributed by atoms with E-state index in [1.54, 1.807) is 7.11 Å². The van der Waals surface area contributed by atoms with Gasteiger partial charge < -0.3 is 14.4 Å². The zero-order valence-electron chi connectivity index (χ0n) is 19.8. The first kappa shape index (κ1) is 24.8. The van der Waals surface area contributed by atoms with Gasteiger partial charge in [0.15, 0.2) is 11.6 Å². The summed E-state index contributed by atoms with van der Waals surface area (Å²) in [5.74, 6) is -1.60. The summed E-state index contributed by atoms with van der Waals surface area (Å²) in [5.41, 5.74) is -0.889. The van der Waals surface area contributed by atoms with Crippen LogP contribution in [0.4, 0.5) is 19.0 Å². The number of benzene rings is 2. The van der Waals surface area contributed by atoms with Crippen LogP contribution in [0.15, 0.2) is 59.8 Å². The van der Waals surface area contributed by atoms with Crippen LogP contribution < -0.4 is 15.3 Å². The first-order valence-electron chi connectivity index (χ1n) is 11.2. The van der Waals surface area contributed by atoms with Gasteiger partial charge in [-0.2, -0.15) is 9.78 Å². The van der Waals surface area contributed by atoms with Crippen LogP contribution in [0.5, 0.6) is 11.5 Å². The highest BCUT2D eigenvalue weighted by atomic mass is 35.5. The Labute approximate surface area is 214 Å². The van der Waals surface area contributed by atoms with Gasteiger partial charge in [-0.05, 0) is 37.3 Å². The van der Waals surface area contributed by atoms with E-state index in [1.807, 2.05) is 11.8 Å². The van der Waals surface area contributed by atoms with Gasteiger partial charge in [0.2, 0.25) is 0 Å². The maximum Gasteiger partial charge on any atom is 0.350 e. The van der Waals surface area contributed by atoms with E-state index < -0.39 is 23.1 Å². The lowest BCUT2D eigenvalue weighted by atomic mass is 9.96. The van der Waals surface area contributed by atoms with Crippen LogP contribution in [-0.4, -0.2) is 45.1 Å². The van der Waals surface area contributed by atoms with Gasteiger partial charge in [-0.3, -0.25) is 4.57 Å². The van der Waals surface area contributed by atoms with E-state index >= 15 is 0 Å². The van der Waals surface area contributed by atoms with Crippen LogP contribution in [0.1, 0.15) is 12.5 Å². The lowest BCUT2D eigenvalue weighted by molar-refractivity contribution is -0.0171. The molecule has 0 spiro atoms. The molecular weight excluding hydrogens is 511 g/mol. The largest absolute Gasteiger partial charge is 0.453 e. The third kappa shape index (κ3) is 4.79. The molecule has 1 saturated heterocycles. The molecule has 0 saturated carbocycles. The van der Waals surface area contributed by atoms with Crippen molar-refractivity contribution in [2.75, 3.05) is 25.1 Å². The molecule has 0 unspecified atom stereocenters. The molecule has 1 fully saturated rings. The summed E-state index contributed by atoms with van der Waals surface area (Å²) in [4.78, 5) is 18.9. The van der Waals surface area contributed by atoms with Gasteiger partial charge in [0.25, 0.3) is 0 Å². The quantitative estimate of drug-likeness (QED) is 0.348. The Kier molecular flexibility index (Phi) is 6.42. The number of hydrogen-bond donors (Lipinski definition) is 0. The van der Waals surface area contributed by atoms with Gasteiger partial charge in [0, 0.05) is 31.8 Å². The van der Waals surface area contributed by atoms with Crippen molar-refractivity contribution in [2.45, 2.75) is 19.1 Å². The highest BCUT2D eigenvalue weighted by Crippen LogP contribution is 2.35. The third-order valence-corrected chi connectivity index (χ3v) is 6.47. The summed E-state index contributed by atoms with van der Waals surface area (Å²) < 4.78 is 55.7. The van der Waals surface area contributed by atoms with Crippen molar-refractivity contribution in [3.63, 3.8) is 0 Å². The summed E-state index contributed by atoms with van der Waals surface area (Å²) in [7, 11) is 1.64. The Balaban J connectivity index is 1.36. The molecule has 192 valence electrons. The standard InChI is InChI=1S/C25H21ClF3N5O3/c1-25(36-2)12-33(13-25)23-9-22(20(29)10-30-23)37-21-7-6-15(8-17(21)26)34-24(35)32(14-31-34)11-16-18(27)4-3-5-19(16)28/h3-10,14H,11-13H2,1-2H3. The molecule has 0 N–H and O–H groups in total. The minimum Gasteiger partial charge on any atom is -0.453 e. The van der Waals surface area contributed by atoms with E-state index in [-0.39, 0.29) is 39.9 Å². The zero-order chi connectivity index (χ0) is 26.3. The molecule has 3 heterocycles. The van der Waals surface area contributed by atoms with Crippen LogP contribution in [0.2, 0.25) is 5.02 Å². The number of rotatable bonds is 7. The number of hydrogen-bond acceptors (Lipinski definition) is 6. The molecular formula is C25H21ClF3N5O3. The van der Waals surface area contributed by atoms with Gasteiger partial charge in [0.05, 0.1) is 29.1 Å². The Morgan fingerprint density at radius 1 is 1.05 bits per heavy atom. The highest BCUT2D eigenvalue weighted by molar-refractivity contribution is 6.32. The van der Waals surface area contributed by atoms with Crippen molar-refractivity contribution in [2.24, 2.45) is 0 Å². The van der Waals surface area contributed by atoms with E-state index in [4.69, 9.17) is 21.1 Å². The number of aromatic nitrogens is 4. The number of halogens is 4. The number of nitrogens with zero attached hydrogens (tertiary/aromatic N) is 5. The van der Waals surface area contributed by atoms with E-state index in [9.17, 15) is 18.0 Å². The topological polar surface area (TPSA) is 74.4 Å². The number of ether oxygens (including phenoxy) is 2. The normalized spacial score (nSPS) is 14.5. The van der Waals surface area contributed by atoms with Crippen molar-refractivity contribution >= 4 is 17.4 Å². The van der Waals surface area contributed by atoms with Gasteiger partial charge >= 0.3 is 5.69 Å². The van der Waals surface area contributed by atoms with Crippen molar-refractivity contribution in [1.29, 1.82) is 0 Å². The molecule has 0 atom stereocenters. The predicted octanol–water partition coefficient (Wildman–Crippen LogP) is 4.57. The van der Waals surface area contributed by atoms with Crippen molar-refractivity contribution in [1.82, 2.24) is 19.3 Å². The smallest absolute Gasteiger partial charge is 0.350 e. The lowest BCUT2D eigenvalue weighted by Crippen LogP contribution is -2.61. The second-order valence-electron chi connectivity index (χ2n) is 8.85. The average Bonchev–Trinajstić information content (AvgIpc) is 3.22. The molecule has 1 aliphatic rings. The molecule has 0 radical (unpaired) electrons. The van der Waals surface area contributed by atoms with Gasteiger partial charge in [-0.15, -0.1) is 0 Å². The summed E-state index contributed by atoms with van der Waals surface area (Å²) in [5, 5.41) is 4.11. The number of methoxy groups -OCH3 is 1. The van der Waals surface area contributed by atoms with Crippen molar-refractivity contribution in [3.8, 4) is 17.2 Å². The summed E-state index contributed by atoms with van der Waals surface area (Å²) in [6.45, 7) is 2.83. The maximum absolute atomic E-state index is 14.4. The molecule has 0 amide bonds. The molecule has 2 aromatic carbocycles. The Morgan fingerprint density at radius 2 is 1.78 bits per heavy atom. The SMILES string of the molecule is COC1(C)CN(c2cc(Oc3ccc(-n4ncn(Cc5c(F)cccc5F)c4=O)cc3Cl)c(F)cn2)C1. The van der Waals surface area contributed by atoms with Gasteiger partial charge in [0.1, 0.15) is 29.5 Å². The molecule has 5 rings (SSSR count). The second kappa shape index (κ2) is 9.56. The van der Waals surface area contributed by atoms with E-state index in [1.165, 1.54) is 36.7 Å². The number of anilines is 1. The van der Waals surface area contributed by atoms with Gasteiger partial charge in [-0.25, -0.2) is 22.9 Å². The Bertz CT molecular complexity index is 1510. The van der Waals surface area contributed by atoms with E-state index in [0.29, 0.717) is 18.9 Å². The zero-order valence-corrected chi connectivity index (χ0v) is 20.5. The summed E-state index contributed by atoms with van der Waals surface area (Å²) in [6.07, 6.45) is 2.24. The second-order valence-corrected chi connectivity index (χ2v) is 9.26. The molecule has 2 aromatic heterocycles. The molecule has 4 aromatic rings. The fourth-order valence-corrected chi connectivity index (χ4v) is 4.22. The third-order valence-electron chi connectivity index (χ3n) is 6.18. The minimum atomic E-state index is -0.766. The molecule has 12 heteroatoms. The monoisotopic (exact) mass is 531 g/mol. The van der Waals surface area contributed by atoms with Crippen LogP contribution in [0.25, 0.3) is 5.69 Å². The summed E-state index contributed by atoms with van der Waals surface area (Å²) in [6, 6.07) is 9.32. The highest BCUT2D eigenvalue weighted by Gasteiger charge is 2.39. The summed E-state index contributed by atoms with van der Waals surface area (Å²) >= 11 is 6.37. The molecule has 8 nitrogen and oxygen atoms in total.